The molecule has 0 fully saturated rings. The predicted octanol–water partition coefficient (Wildman–Crippen LogP) is 3.47. The molecule has 0 unspecified atom stereocenters. The molecule has 0 saturated heterocycles. The van der Waals surface area contributed by atoms with Crippen LogP contribution in [-0.4, -0.2) is 30.1 Å². The minimum atomic E-state index is -0.258. The summed E-state index contributed by atoms with van der Waals surface area (Å²) in [5.41, 5.74) is 2.21. The average molecular weight is 341 g/mol. The van der Waals surface area contributed by atoms with Crippen molar-refractivity contribution >= 4 is 22.4 Å². The molecule has 0 spiro atoms. The zero-order valence-electron chi connectivity index (χ0n) is 13.1. The summed E-state index contributed by atoms with van der Waals surface area (Å²) >= 11 is 1.37. The molecule has 7 heteroatoms. The lowest BCUT2D eigenvalue weighted by Gasteiger charge is -2.09. The van der Waals surface area contributed by atoms with Gasteiger partial charge in [0.2, 0.25) is 0 Å². The highest BCUT2D eigenvalue weighted by atomic mass is 32.1. The standard InChI is InChI=1S/C17H15N3O3S/c1-22-14-4-3-12(9-15(14)23-2)16(21)20-17-19-13(10-24-17)11-5-7-18-8-6-11/h3-10H,1-2H3,(H,19,20,21). The van der Waals surface area contributed by atoms with E-state index < -0.39 is 0 Å². The molecule has 0 aliphatic rings. The first-order chi connectivity index (χ1) is 11.7. The van der Waals surface area contributed by atoms with Crippen molar-refractivity contribution in [1.82, 2.24) is 9.97 Å². The van der Waals surface area contributed by atoms with Gasteiger partial charge < -0.3 is 9.47 Å². The molecule has 2 aromatic heterocycles. The Morgan fingerprint density at radius 3 is 2.54 bits per heavy atom. The Balaban J connectivity index is 1.77. The van der Waals surface area contributed by atoms with Crippen LogP contribution in [0.1, 0.15) is 10.4 Å². The number of nitrogens with zero attached hydrogens (tertiary/aromatic N) is 2. The molecule has 0 aliphatic carbocycles. The molecule has 24 heavy (non-hydrogen) atoms. The van der Waals surface area contributed by atoms with E-state index in [1.54, 1.807) is 37.7 Å². The molecule has 0 aliphatic heterocycles. The lowest BCUT2D eigenvalue weighted by atomic mass is 10.2. The van der Waals surface area contributed by atoms with Crippen molar-refractivity contribution in [2.75, 3.05) is 19.5 Å². The van der Waals surface area contributed by atoms with E-state index in [1.165, 1.54) is 18.4 Å². The zero-order valence-corrected chi connectivity index (χ0v) is 14.0. The van der Waals surface area contributed by atoms with Crippen LogP contribution < -0.4 is 14.8 Å². The summed E-state index contributed by atoms with van der Waals surface area (Å²) in [5.74, 6) is 0.816. The van der Waals surface area contributed by atoms with Crippen LogP contribution in [0.15, 0.2) is 48.1 Å². The van der Waals surface area contributed by atoms with Crippen molar-refractivity contribution in [2.24, 2.45) is 0 Å². The zero-order chi connectivity index (χ0) is 16.9. The molecule has 1 N–H and O–H groups in total. The van der Waals surface area contributed by atoms with Crippen LogP contribution in [0.2, 0.25) is 0 Å². The monoisotopic (exact) mass is 341 g/mol. The van der Waals surface area contributed by atoms with Crippen molar-refractivity contribution in [2.45, 2.75) is 0 Å². The number of rotatable bonds is 5. The third-order valence-corrected chi connectivity index (χ3v) is 4.10. The summed E-state index contributed by atoms with van der Waals surface area (Å²) in [5, 5.41) is 5.21. The number of carbonyl (C=O) groups excluding carboxylic acids is 1. The average Bonchev–Trinajstić information content (AvgIpc) is 3.10. The van der Waals surface area contributed by atoms with Crippen LogP contribution in [-0.2, 0) is 0 Å². The maximum Gasteiger partial charge on any atom is 0.257 e. The van der Waals surface area contributed by atoms with E-state index in [0.29, 0.717) is 22.2 Å². The Kier molecular flexibility index (Phi) is 4.72. The van der Waals surface area contributed by atoms with Crippen LogP contribution in [0.4, 0.5) is 5.13 Å². The van der Waals surface area contributed by atoms with Crippen LogP contribution in [0.25, 0.3) is 11.3 Å². The van der Waals surface area contributed by atoms with E-state index >= 15 is 0 Å². The number of methoxy groups -OCH3 is 2. The number of aromatic nitrogens is 2. The van der Waals surface area contributed by atoms with Crippen molar-refractivity contribution in [3.63, 3.8) is 0 Å². The highest BCUT2D eigenvalue weighted by Crippen LogP contribution is 2.29. The van der Waals surface area contributed by atoms with E-state index in [4.69, 9.17) is 9.47 Å². The fourth-order valence-corrected chi connectivity index (χ4v) is 2.85. The number of amides is 1. The van der Waals surface area contributed by atoms with E-state index in [1.807, 2.05) is 17.5 Å². The van der Waals surface area contributed by atoms with Gasteiger partial charge in [0.05, 0.1) is 19.9 Å². The fourth-order valence-electron chi connectivity index (χ4n) is 2.13. The number of benzene rings is 1. The second kappa shape index (κ2) is 7.10. The van der Waals surface area contributed by atoms with Crippen LogP contribution in [0, 0.1) is 0 Å². The summed E-state index contributed by atoms with van der Waals surface area (Å²) in [7, 11) is 3.08. The number of thiazole rings is 1. The molecule has 6 nitrogen and oxygen atoms in total. The Morgan fingerprint density at radius 2 is 1.83 bits per heavy atom. The summed E-state index contributed by atoms with van der Waals surface area (Å²) < 4.78 is 10.4. The first kappa shape index (κ1) is 15.9. The van der Waals surface area contributed by atoms with E-state index in [2.05, 4.69) is 15.3 Å². The molecule has 1 amide bonds. The second-order valence-electron chi connectivity index (χ2n) is 4.80. The largest absolute Gasteiger partial charge is 0.493 e. The molecule has 0 bridgehead atoms. The molecule has 0 radical (unpaired) electrons. The Hall–Kier alpha value is -2.93. The summed E-state index contributed by atoms with van der Waals surface area (Å²) in [6.07, 6.45) is 3.41. The molecule has 0 saturated carbocycles. The lowest BCUT2D eigenvalue weighted by Crippen LogP contribution is -2.11. The second-order valence-corrected chi connectivity index (χ2v) is 5.66. The Labute approximate surface area is 143 Å². The van der Waals surface area contributed by atoms with E-state index in [-0.39, 0.29) is 5.91 Å². The molecule has 3 aromatic rings. The van der Waals surface area contributed by atoms with Gasteiger partial charge >= 0.3 is 0 Å². The lowest BCUT2D eigenvalue weighted by molar-refractivity contribution is 0.102. The fraction of sp³-hybridized carbons (Fsp3) is 0.118. The number of nitrogens with one attached hydrogen (secondary N) is 1. The van der Waals surface area contributed by atoms with Crippen LogP contribution in [0.5, 0.6) is 11.5 Å². The molecule has 3 rings (SSSR count). The van der Waals surface area contributed by atoms with Gasteiger partial charge in [-0.2, -0.15) is 0 Å². The quantitative estimate of drug-likeness (QED) is 0.769. The van der Waals surface area contributed by atoms with Gasteiger partial charge in [0.15, 0.2) is 16.6 Å². The maximum atomic E-state index is 12.4. The van der Waals surface area contributed by atoms with Gasteiger partial charge in [-0.1, -0.05) is 0 Å². The molecule has 2 heterocycles. The molecular weight excluding hydrogens is 326 g/mol. The summed E-state index contributed by atoms with van der Waals surface area (Å²) in [4.78, 5) is 20.8. The molecular formula is C17H15N3O3S. The van der Waals surface area contributed by atoms with Crippen molar-refractivity contribution < 1.29 is 14.3 Å². The Bertz CT molecular complexity index is 849. The summed E-state index contributed by atoms with van der Waals surface area (Å²) in [6, 6.07) is 8.74. The molecule has 0 atom stereocenters. The minimum absolute atomic E-state index is 0.258. The van der Waals surface area contributed by atoms with Gasteiger partial charge in [0.25, 0.3) is 5.91 Å². The van der Waals surface area contributed by atoms with Crippen LogP contribution in [0.3, 0.4) is 0 Å². The maximum absolute atomic E-state index is 12.4. The Morgan fingerprint density at radius 1 is 1.08 bits per heavy atom. The number of ether oxygens (including phenoxy) is 2. The normalized spacial score (nSPS) is 10.2. The van der Waals surface area contributed by atoms with Crippen molar-refractivity contribution in [3.8, 4) is 22.8 Å². The van der Waals surface area contributed by atoms with Gasteiger partial charge in [0.1, 0.15) is 0 Å². The summed E-state index contributed by atoms with van der Waals surface area (Å²) in [6.45, 7) is 0. The van der Waals surface area contributed by atoms with E-state index in [9.17, 15) is 4.79 Å². The number of anilines is 1. The van der Waals surface area contributed by atoms with Crippen molar-refractivity contribution in [3.05, 3.63) is 53.7 Å². The molecule has 122 valence electrons. The highest BCUT2D eigenvalue weighted by Gasteiger charge is 2.13. The van der Waals surface area contributed by atoms with Gasteiger partial charge in [-0.3, -0.25) is 15.1 Å². The molecule has 1 aromatic carbocycles. The third-order valence-electron chi connectivity index (χ3n) is 3.35. The van der Waals surface area contributed by atoms with Crippen molar-refractivity contribution in [1.29, 1.82) is 0 Å². The van der Waals surface area contributed by atoms with Crippen LogP contribution >= 0.6 is 11.3 Å². The highest BCUT2D eigenvalue weighted by molar-refractivity contribution is 7.14. The SMILES string of the molecule is COc1ccc(C(=O)Nc2nc(-c3ccncc3)cs2)cc1OC. The predicted molar refractivity (Wildman–Crippen MR) is 92.8 cm³/mol. The number of hydrogen-bond acceptors (Lipinski definition) is 6. The topological polar surface area (TPSA) is 73.3 Å². The number of hydrogen-bond donors (Lipinski definition) is 1. The smallest absolute Gasteiger partial charge is 0.257 e. The van der Waals surface area contributed by atoms with Gasteiger partial charge in [-0.15, -0.1) is 11.3 Å². The first-order valence-corrected chi connectivity index (χ1v) is 7.98. The van der Waals surface area contributed by atoms with Gasteiger partial charge in [0, 0.05) is 28.9 Å². The first-order valence-electron chi connectivity index (χ1n) is 7.10. The third kappa shape index (κ3) is 3.36. The number of pyridine rings is 1. The van der Waals surface area contributed by atoms with Gasteiger partial charge in [-0.05, 0) is 30.3 Å². The van der Waals surface area contributed by atoms with Gasteiger partial charge in [-0.25, -0.2) is 4.98 Å². The number of carbonyl (C=O) groups is 1. The van der Waals surface area contributed by atoms with E-state index in [0.717, 1.165) is 11.3 Å². The minimum Gasteiger partial charge on any atom is -0.493 e.